The number of rotatable bonds is 3. The fourth-order valence-corrected chi connectivity index (χ4v) is 4.23. The monoisotopic (exact) mass is 306 g/mol. The van der Waals surface area contributed by atoms with Crippen LogP contribution in [-0.4, -0.2) is 35.5 Å². The Bertz CT molecular complexity index is 511. The molecule has 2 fully saturated rings. The third kappa shape index (κ3) is 3.07. The van der Waals surface area contributed by atoms with E-state index in [-0.39, 0.29) is 0 Å². The van der Waals surface area contributed by atoms with Crippen LogP contribution in [-0.2, 0) is 6.54 Å². The molecule has 1 aliphatic heterocycles. The highest BCUT2D eigenvalue weighted by Crippen LogP contribution is 2.47. The fourth-order valence-electron chi connectivity index (χ4n) is 3.38. The van der Waals surface area contributed by atoms with Crippen LogP contribution in [0.2, 0.25) is 0 Å². The van der Waals surface area contributed by atoms with E-state index in [9.17, 15) is 0 Å². The molecule has 0 atom stereocenters. The molecular formula is C16H26N4S. The van der Waals surface area contributed by atoms with Crippen molar-refractivity contribution < 1.29 is 0 Å². The molecule has 1 spiro atoms. The van der Waals surface area contributed by atoms with Crippen molar-refractivity contribution in [1.82, 2.24) is 15.2 Å². The van der Waals surface area contributed by atoms with Gasteiger partial charge in [0.2, 0.25) is 0 Å². The van der Waals surface area contributed by atoms with Crippen LogP contribution in [0.1, 0.15) is 48.2 Å². The fraction of sp³-hybridized carbons (Fsp3) is 0.750. The molecule has 1 N–H and O–H groups in total. The Morgan fingerprint density at radius 3 is 2.71 bits per heavy atom. The van der Waals surface area contributed by atoms with Crippen molar-refractivity contribution in [2.75, 3.05) is 19.6 Å². The largest absolute Gasteiger partial charge is 0.357 e. The molecule has 1 saturated heterocycles. The maximum absolute atomic E-state index is 4.82. The summed E-state index contributed by atoms with van der Waals surface area (Å²) in [6, 6.07) is 0. The van der Waals surface area contributed by atoms with Crippen molar-refractivity contribution in [1.29, 1.82) is 0 Å². The van der Waals surface area contributed by atoms with E-state index >= 15 is 0 Å². The van der Waals surface area contributed by atoms with Crippen LogP contribution < -0.4 is 5.32 Å². The average Bonchev–Trinajstić information content (AvgIpc) is 2.99. The summed E-state index contributed by atoms with van der Waals surface area (Å²) in [6.07, 6.45) is 5.58. The normalized spacial score (nSPS) is 20.9. The van der Waals surface area contributed by atoms with E-state index in [1.165, 1.54) is 37.1 Å². The van der Waals surface area contributed by atoms with Crippen molar-refractivity contribution in [3.8, 4) is 0 Å². The molecule has 5 heteroatoms. The number of hydrogen-bond donors (Lipinski definition) is 1. The highest BCUT2D eigenvalue weighted by atomic mass is 32.1. The maximum Gasteiger partial charge on any atom is 0.194 e. The lowest BCUT2D eigenvalue weighted by molar-refractivity contribution is 0.151. The Balaban J connectivity index is 1.67. The molecule has 0 bridgehead atoms. The van der Waals surface area contributed by atoms with E-state index in [1.54, 1.807) is 11.3 Å². The molecule has 2 aliphatic rings. The third-order valence-corrected chi connectivity index (χ3v) is 5.98. The van der Waals surface area contributed by atoms with Gasteiger partial charge in [0.1, 0.15) is 5.01 Å². The number of guanidine groups is 1. The lowest BCUT2D eigenvalue weighted by Crippen LogP contribution is -2.42. The minimum Gasteiger partial charge on any atom is -0.357 e. The Labute approximate surface area is 131 Å². The van der Waals surface area contributed by atoms with E-state index < -0.39 is 0 Å². The quantitative estimate of drug-likeness (QED) is 0.689. The topological polar surface area (TPSA) is 40.5 Å². The number of aromatic nitrogens is 1. The molecule has 0 radical (unpaired) electrons. The first-order valence-electron chi connectivity index (χ1n) is 8.08. The van der Waals surface area contributed by atoms with Crippen LogP contribution in [0.25, 0.3) is 0 Å². The zero-order chi connectivity index (χ0) is 14.9. The molecular weight excluding hydrogens is 280 g/mol. The van der Waals surface area contributed by atoms with E-state index in [0.29, 0.717) is 12.0 Å². The Morgan fingerprint density at radius 1 is 1.38 bits per heavy atom. The summed E-state index contributed by atoms with van der Waals surface area (Å²) >= 11 is 1.77. The van der Waals surface area contributed by atoms with Crippen LogP contribution >= 0.6 is 11.3 Å². The van der Waals surface area contributed by atoms with Crippen molar-refractivity contribution >= 4 is 17.3 Å². The summed E-state index contributed by atoms with van der Waals surface area (Å²) in [5, 5.41) is 4.58. The van der Waals surface area contributed by atoms with Crippen molar-refractivity contribution in [2.24, 2.45) is 10.4 Å². The van der Waals surface area contributed by atoms with Gasteiger partial charge in [-0.3, -0.25) is 0 Å². The second-order valence-electron chi connectivity index (χ2n) is 6.44. The summed E-state index contributed by atoms with van der Waals surface area (Å²) < 4.78 is 0. The molecule has 21 heavy (non-hydrogen) atoms. The summed E-state index contributed by atoms with van der Waals surface area (Å²) in [5.41, 5.74) is 1.76. The van der Waals surface area contributed by atoms with E-state index in [0.717, 1.165) is 29.8 Å². The van der Waals surface area contributed by atoms with Crippen LogP contribution in [0.15, 0.2) is 4.99 Å². The lowest BCUT2D eigenvalue weighted by Gasteiger charge is -2.38. The minimum atomic E-state index is 0.616. The smallest absolute Gasteiger partial charge is 0.194 e. The summed E-state index contributed by atoms with van der Waals surface area (Å²) in [4.78, 5) is 13.2. The van der Waals surface area contributed by atoms with Gasteiger partial charge in [-0.1, -0.05) is 6.42 Å². The van der Waals surface area contributed by atoms with Gasteiger partial charge in [0.15, 0.2) is 5.96 Å². The standard InChI is InChI=1S/C16H26N4S/c1-4-17-15(18-10-14-19-12(2)13(3)21-14)20-9-8-16(11-20)6-5-7-16/h4-11H2,1-3H3,(H,17,18). The van der Waals surface area contributed by atoms with Crippen molar-refractivity contribution in [2.45, 2.75) is 53.0 Å². The molecule has 1 aliphatic carbocycles. The van der Waals surface area contributed by atoms with Crippen molar-refractivity contribution in [3.05, 3.63) is 15.6 Å². The predicted octanol–water partition coefficient (Wildman–Crippen LogP) is 3.10. The first kappa shape index (κ1) is 14.8. The van der Waals surface area contributed by atoms with Gasteiger partial charge >= 0.3 is 0 Å². The number of nitrogens with zero attached hydrogens (tertiary/aromatic N) is 3. The third-order valence-electron chi connectivity index (χ3n) is 4.92. The number of nitrogens with one attached hydrogen (secondary N) is 1. The zero-order valence-electron chi connectivity index (χ0n) is 13.4. The van der Waals surface area contributed by atoms with Crippen molar-refractivity contribution in [3.63, 3.8) is 0 Å². The lowest BCUT2D eigenvalue weighted by atomic mass is 9.68. The highest BCUT2D eigenvalue weighted by molar-refractivity contribution is 7.11. The number of hydrogen-bond acceptors (Lipinski definition) is 3. The SMILES string of the molecule is CCNC(=NCc1nc(C)c(C)s1)N1CCC2(CCC2)C1. The molecule has 0 amide bonds. The minimum absolute atomic E-state index is 0.616. The molecule has 1 saturated carbocycles. The van der Waals surface area contributed by atoms with Gasteiger partial charge in [0.05, 0.1) is 12.2 Å². The van der Waals surface area contributed by atoms with Gasteiger partial charge < -0.3 is 10.2 Å². The van der Waals surface area contributed by atoms with Gasteiger partial charge in [0.25, 0.3) is 0 Å². The van der Waals surface area contributed by atoms with Crippen LogP contribution in [0, 0.1) is 19.3 Å². The number of thiazole rings is 1. The zero-order valence-corrected chi connectivity index (χ0v) is 14.2. The molecule has 0 aromatic carbocycles. The highest BCUT2D eigenvalue weighted by Gasteiger charge is 2.43. The first-order chi connectivity index (χ1) is 10.1. The maximum atomic E-state index is 4.82. The van der Waals surface area contributed by atoms with E-state index in [1.807, 2.05) is 0 Å². The van der Waals surface area contributed by atoms with E-state index in [2.05, 4.69) is 36.0 Å². The first-order valence-corrected chi connectivity index (χ1v) is 8.90. The number of likely N-dealkylation sites (tertiary alicyclic amines) is 1. The molecule has 4 nitrogen and oxygen atoms in total. The van der Waals surface area contributed by atoms with Gasteiger partial charge in [-0.05, 0) is 45.4 Å². The van der Waals surface area contributed by atoms with Gasteiger partial charge in [0, 0.05) is 24.5 Å². The molecule has 2 heterocycles. The molecule has 0 unspecified atom stereocenters. The number of aliphatic imine (C=N–C) groups is 1. The van der Waals surface area contributed by atoms with Gasteiger partial charge in [-0.25, -0.2) is 9.98 Å². The van der Waals surface area contributed by atoms with E-state index in [4.69, 9.17) is 4.99 Å². The second-order valence-corrected chi connectivity index (χ2v) is 7.73. The Hall–Kier alpha value is -1.10. The molecule has 1 aromatic rings. The predicted molar refractivity (Wildman–Crippen MR) is 88.9 cm³/mol. The molecule has 3 rings (SSSR count). The summed E-state index contributed by atoms with van der Waals surface area (Å²) in [6.45, 7) is 10.3. The summed E-state index contributed by atoms with van der Waals surface area (Å²) in [7, 11) is 0. The Kier molecular flexibility index (Phi) is 4.20. The van der Waals surface area contributed by atoms with Crippen LogP contribution in [0.4, 0.5) is 0 Å². The Morgan fingerprint density at radius 2 is 2.19 bits per heavy atom. The van der Waals surface area contributed by atoms with Gasteiger partial charge in [-0.2, -0.15) is 0 Å². The number of aryl methyl sites for hydroxylation is 2. The van der Waals surface area contributed by atoms with Crippen LogP contribution in [0.3, 0.4) is 0 Å². The van der Waals surface area contributed by atoms with Gasteiger partial charge in [-0.15, -0.1) is 11.3 Å². The summed E-state index contributed by atoms with van der Waals surface area (Å²) in [5.74, 6) is 1.08. The molecule has 116 valence electrons. The van der Waals surface area contributed by atoms with Crippen LogP contribution in [0.5, 0.6) is 0 Å². The second kappa shape index (κ2) is 5.95. The average molecular weight is 306 g/mol. The molecule has 1 aromatic heterocycles.